The number of aryl methyl sites for hydroxylation is 1. The SMILES string of the molecule is CC(=NNc1nc(-c2ccc([N+](=O)[O-])cc2)cs1)c1sc(NN2C(=O)c3ccccc3C2=O)nc1C. The molecule has 4 aromatic rings. The molecule has 0 aliphatic carbocycles. The number of nitro groups is 1. The zero-order chi connectivity index (χ0) is 25.4. The van der Waals surface area contributed by atoms with Crippen LogP contribution in [-0.2, 0) is 0 Å². The second-order valence-electron chi connectivity index (χ2n) is 7.69. The maximum Gasteiger partial charge on any atom is 0.280 e. The number of aromatic nitrogens is 2. The first-order valence-electron chi connectivity index (χ1n) is 10.5. The van der Waals surface area contributed by atoms with E-state index in [1.807, 2.05) is 19.2 Å². The predicted molar refractivity (Wildman–Crippen MR) is 137 cm³/mol. The number of amides is 2. The van der Waals surface area contributed by atoms with E-state index in [9.17, 15) is 19.7 Å². The Kier molecular flexibility index (Phi) is 6.00. The number of carbonyl (C=O) groups is 2. The van der Waals surface area contributed by atoms with Crippen molar-refractivity contribution in [2.45, 2.75) is 13.8 Å². The summed E-state index contributed by atoms with van der Waals surface area (Å²) in [5, 5.41) is 19.0. The lowest BCUT2D eigenvalue weighted by Crippen LogP contribution is -2.35. The summed E-state index contributed by atoms with van der Waals surface area (Å²) < 4.78 is 0. The third-order valence-corrected chi connectivity index (χ3v) is 7.24. The van der Waals surface area contributed by atoms with Crippen molar-refractivity contribution in [3.05, 3.63) is 85.7 Å². The van der Waals surface area contributed by atoms with Crippen LogP contribution in [0.15, 0.2) is 59.0 Å². The van der Waals surface area contributed by atoms with Gasteiger partial charge in [0.1, 0.15) is 0 Å². The van der Waals surface area contributed by atoms with Gasteiger partial charge in [-0.1, -0.05) is 23.5 Å². The number of hydrogen-bond acceptors (Lipinski definition) is 11. The molecule has 0 fully saturated rings. The van der Waals surface area contributed by atoms with E-state index in [1.165, 1.54) is 34.8 Å². The third-order valence-electron chi connectivity index (χ3n) is 5.32. The Morgan fingerprint density at radius 3 is 2.33 bits per heavy atom. The van der Waals surface area contributed by atoms with Crippen LogP contribution in [0.4, 0.5) is 16.0 Å². The van der Waals surface area contributed by atoms with E-state index < -0.39 is 16.7 Å². The Morgan fingerprint density at radius 1 is 1.03 bits per heavy atom. The first-order valence-corrected chi connectivity index (χ1v) is 12.2. The molecule has 2 aromatic carbocycles. The van der Waals surface area contributed by atoms with Gasteiger partial charge < -0.3 is 0 Å². The zero-order valence-corrected chi connectivity index (χ0v) is 20.5. The van der Waals surface area contributed by atoms with Crippen LogP contribution in [-0.4, -0.2) is 37.4 Å². The van der Waals surface area contributed by atoms with Gasteiger partial charge in [0.25, 0.3) is 17.5 Å². The molecule has 3 heterocycles. The van der Waals surface area contributed by atoms with Gasteiger partial charge in [0.2, 0.25) is 10.3 Å². The fourth-order valence-electron chi connectivity index (χ4n) is 3.56. The number of carbonyl (C=O) groups excluding carboxylic acids is 2. The largest absolute Gasteiger partial charge is 0.280 e. The minimum atomic E-state index is -0.447. The molecular weight excluding hydrogens is 502 g/mol. The number of nitrogens with one attached hydrogen (secondary N) is 2. The summed E-state index contributed by atoms with van der Waals surface area (Å²) in [6, 6.07) is 12.8. The molecule has 11 nitrogen and oxygen atoms in total. The van der Waals surface area contributed by atoms with Crippen LogP contribution in [0.25, 0.3) is 11.3 Å². The van der Waals surface area contributed by atoms with Crippen molar-refractivity contribution >= 4 is 56.2 Å². The Bertz CT molecular complexity index is 1510. The molecule has 0 atom stereocenters. The quantitative estimate of drug-likeness (QED) is 0.151. The molecule has 180 valence electrons. The van der Waals surface area contributed by atoms with Gasteiger partial charge in [-0.3, -0.25) is 30.6 Å². The minimum Gasteiger partial charge on any atom is -0.267 e. The fourth-order valence-corrected chi connectivity index (χ4v) is 5.12. The Morgan fingerprint density at radius 2 is 1.69 bits per heavy atom. The van der Waals surface area contributed by atoms with Gasteiger partial charge in [-0.05, 0) is 38.1 Å². The number of imide groups is 1. The highest BCUT2D eigenvalue weighted by Gasteiger charge is 2.36. The lowest BCUT2D eigenvalue weighted by atomic mass is 10.1. The molecule has 36 heavy (non-hydrogen) atoms. The van der Waals surface area contributed by atoms with Crippen molar-refractivity contribution in [3.8, 4) is 11.3 Å². The lowest BCUT2D eigenvalue weighted by molar-refractivity contribution is -0.384. The van der Waals surface area contributed by atoms with E-state index >= 15 is 0 Å². The van der Waals surface area contributed by atoms with Crippen LogP contribution in [0.1, 0.15) is 38.2 Å². The summed E-state index contributed by atoms with van der Waals surface area (Å²) in [5.41, 5.74) is 9.23. The Hall–Kier alpha value is -4.49. The fraction of sp³-hybridized carbons (Fsp3) is 0.0870. The van der Waals surface area contributed by atoms with Crippen molar-refractivity contribution in [2.24, 2.45) is 5.10 Å². The summed E-state index contributed by atoms with van der Waals surface area (Å²) in [6.07, 6.45) is 0. The van der Waals surface area contributed by atoms with Gasteiger partial charge in [-0.25, -0.2) is 9.97 Å². The molecule has 2 amide bonds. The second-order valence-corrected chi connectivity index (χ2v) is 9.54. The Balaban J connectivity index is 1.27. The lowest BCUT2D eigenvalue weighted by Gasteiger charge is -2.13. The van der Waals surface area contributed by atoms with Gasteiger partial charge in [0.05, 0.1) is 38.0 Å². The third kappa shape index (κ3) is 4.32. The molecule has 1 aliphatic heterocycles. The number of nitro benzene ring substituents is 1. The van der Waals surface area contributed by atoms with Gasteiger partial charge in [0, 0.05) is 23.1 Å². The van der Waals surface area contributed by atoms with E-state index in [1.54, 1.807) is 36.4 Å². The number of non-ortho nitro benzene ring substituents is 1. The summed E-state index contributed by atoms with van der Waals surface area (Å²) >= 11 is 2.61. The molecule has 0 saturated heterocycles. The number of nitrogens with zero attached hydrogens (tertiary/aromatic N) is 5. The van der Waals surface area contributed by atoms with E-state index in [0.717, 1.165) is 15.4 Å². The highest BCUT2D eigenvalue weighted by Crippen LogP contribution is 2.29. The number of hydrogen-bond donors (Lipinski definition) is 2. The van der Waals surface area contributed by atoms with Crippen molar-refractivity contribution in [2.75, 3.05) is 10.9 Å². The molecular formula is C23H17N7O4S2. The van der Waals surface area contributed by atoms with Gasteiger partial charge in [-0.2, -0.15) is 10.1 Å². The summed E-state index contributed by atoms with van der Waals surface area (Å²) in [7, 11) is 0. The van der Waals surface area contributed by atoms with Crippen molar-refractivity contribution in [1.82, 2.24) is 15.0 Å². The standard InChI is InChI=1S/C23H17N7O4S2/c1-12-19(36-23(24-12)28-29-20(31)16-5-3-4-6-17(16)21(29)32)13(2)26-27-22-25-18(11-35-22)14-7-9-15(10-8-14)30(33)34/h3-11H,1-2H3,(H,24,28)(H,25,27). The van der Waals surface area contributed by atoms with Crippen LogP contribution in [0.5, 0.6) is 0 Å². The second kappa shape index (κ2) is 9.28. The highest BCUT2D eigenvalue weighted by molar-refractivity contribution is 7.17. The number of hydrazine groups is 1. The number of benzene rings is 2. The number of hydrazone groups is 1. The van der Waals surface area contributed by atoms with Crippen molar-refractivity contribution in [1.29, 1.82) is 0 Å². The molecule has 13 heteroatoms. The molecule has 1 aliphatic rings. The molecule has 0 radical (unpaired) electrons. The number of rotatable bonds is 7. The Labute approximate surface area is 212 Å². The summed E-state index contributed by atoms with van der Waals surface area (Å²) in [5.74, 6) is -0.852. The average Bonchev–Trinajstić information content (AvgIpc) is 3.57. The molecule has 2 aromatic heterocycles. The van der Waals surface area contributed by atoms with Gasteiger partial charge >= 0.3 is 0 Å². The molecule has 2 N–H and O–H groups in total. The number of thiazole rings is 2. The van der Waals surface area contributed by atoms with E-state index in [-0.39, 0.29) is 5.69 Å². The van der Waals surface area contributed by atoms with E-state index in [0.29, 0.717) is 38.5 Å². The topological polar surface area (TPSA) is 143 Å². The molecule has 0 spiro atoms. The maximum absolute atomic E-state index is 12.6. The van der Waals surface area contributed by atoms with Crippen LogP contribution < -0.4 is 10.9 Å². The molecule has 0 unspecified atom stereocenters. The van der Waals surface area contributed by atoms with Crippen molar-refractivity contribution < 1.29 is 14.5 Å². The zero-order valence-electron chi connectivity index (χ0n) is 18.9. The summed E-state index contributed by atoms with van der Waals surface area (Å²) in [4.78, 5) is 45.3. The smallest absolute Gasteiger partial charge is 0.267 e. The van der Waals surface area contributed by atoms with Gasteiger partial charge in [-0.15, -0.1) is 11.3 Å². The minimum absolute atomic E-state index is 0.0179. The monoisotopic (exact) mass is 519 g/mol. The van der Waals surface area contributed by atoms with E-state index in [2.05, 4.69) is 25.9 Å². The van der Waals surface area contributed by atoms with Gasteiger partial charge in [0.15, 0.2) is 0 Å². The highest BCUT2D eigenvalue weighted by atomic mass is 32.1. The predicted octanol–water partition coefficient (Wildman–Crippen LogP) is 4.94. The van der Waals surface area contributed by atoms with Crippen LogP contribution >= 0.6 is 22.7 Å². The number of fused-ring (bicyclic) bond motifs is 1. The van der Waals surface area contributed by atoms with Crippen LogP contribution in [0, 0.1) is 17.0 Å². The number of anilines is 2. The van der Waals surface area contributed by atoms with Crippen molar-refractivity contribution in [3.63, 3.8) is 0 Å². The maximum atomic E-state index is 12.6. The average molecular weight is 520 g/mol. The van der Waals surface area contributed by atoms with E-state index in [4.69, 9.17) is 0 Å². The van der Waals surface area contributed by atoms with Crippen LogP contribution in [0.2, 0.25) is 0 Å². The first-order chi connectivity index (χ1) is 17.3. The molecule has 5 rings (SSSR count). The molecule has 0 saturated carbocycles. The van der Waals surface area contributed by atoms with Crippen LogP contribution in [0.3, 0.4) is 0 Å². The molecule has 0 bridgehead atoms. The normalized spacial score (nSPS) is 13.2. The summed E-state index contributed by atoms with van der Waals surface area (Å²) in [6.45, 7) is 3.62. The first kappa shape index (κ1) is 23.3.